The van der Waals surface area contributed by atoms with Crippen molar-refractivity contribution in [1.29, 1.82) is 0 Å². The van der Waals surface area contributed by atoms with Crippen molar-refractivity contribution in [3.05, 3.63) is 30.0 Å². The van der Waals surface area contributed by atoms with Crippen LogP contribution in [0.4, 0.5) is 22.0 Å². The summed E-state index contributed by atoms with van der Waals surface area (Å²) < 4.78 is 5.22. The van der Waals surface area contributed by atoms with E-state index in [0.717, 1.165) is 18.5 Å². The van der Waals surface area contributed by atoms with Gasteiger partial charge in [0.05, 0.1) is 18.5 Å². The first-order valence-electron chi connectivity index (χ1n) is 7.64. The lowest BCUT2D eigenvalue weighted by Crippen LogP contribution is -2.20. The molecule has 1 aliphatic carbocycles. The average Bonchev–Trinajstić information content (AvgIpc) is 3.27. The molecule has 1 aromatic carbocycles. The monoisotopic (exact) mass is 329 g/mol. The molecule has 126 valence electrons. The highest BCUT2D eigenvalue weighted by molar-refractivity contribution is 6.01. The molecule has 0 radical (unpaired) electrons. The zero-order valence-electron chi connectivity index (χ0n) is 13.5. The Morgan fingerprint density at radius 2 is 2.00 bits per heavy atom. The number of urea groups is 1. The van der Waals surface area contributed by atoms with E-state index < -0.39 is 6.03 Å². The number of carbonyl (C=O) groups is 2. The average molecular weight is 329 g/mol. The second-order valence-electron chi connectivity index (χ2n) is 5.66. The summed E-state index contributed by atoms with van der Waals surface area (Å²) in [6, 6.07) is 6.40. The van der Waals surface area contributed by atoms with Crippen molar-refractivity contribution in [2.24, 2.45) is 0 Å². The number of hydrogen-bond donors (Lipinski definition) is 4. The van der Waals surface area contributed by atoms with Crippen LogP contribution in [0.25, 0.3) is 0 Å². The molecule has 0 atom stereocenters. The number of benzene rings is 1. The molecule has 1 aromatic heterocycles. The Hall–Kier alpha value is -3.03. The summed E-state index contributed by atoms with van der Waals surface area (Å²) >= 11 is 0. The van der Waals surface area contributed by atoms with E-state index >= 15 is 0 Å². The molecule has 3 rings (SSSR count). The van der Waals surface area contributed by atoms with Gasteiger partial charge in [-0.15, -0.1) is 0 Å². The van der Waals surface area contributed by atoms with Gasteiger partial charge in [0.25, 0.3) is 0 Å². The highest BCUT2D eigenvalue weighted by Gasteiger charge is 2.26. The first-order chi connectivity index (χ1) is 11.5. The molecular formula is C16H19N5O3. The van der Waals surface area contributed by atoms with Crippen LogP contribution in [0.5, 0.6) is 5.75 Å². The van der Waals surface area contributed by atoms with Crippen molar-refractivity contribution < 1.29 is 14.3 Å². The summed E-state index contributed by atoms with van der Waals surface area (Å²) in [5.74, 6) is 1.34. The van der Waals surface area contributed by atoms with Gasteiger partial charge in [0, 0.05) is 24.6 Å². The van der Waals surface area contributed by atoms with Crippen LogP contribution in [0.1, 0.15) is 31.4 Å². The Labute approximate surface area is 139 Å². The third-order valence-electron chi connectivity index (χ3n) is 3.61. The molecule has 4 N–H and O–H groups in total. The first kappa shape index (κ1) is 15.9. The van der Waals surface area contributed by atoms with E-state index in [-0.39, 0.29) is 5.91 Å². The summed E-state index contributed by atoms with van der Waals surface area (Å²) in [7, 11) is 1.51. The molecule has 2 aromatic rings. The largest absolute Gasteiger partial charge is 0.495 e. The Morgan fingerprint density at radius 3 is 2.67 bits per heavy atom. The van der Waals surface area contributed by atoms with E-state index in [4.69, 9.17) is 4.74 Å². The number of rotatable bonds is 5. The number of anilines is 3. The zero-order valence-corrected chi connectivity index (χ0v) is 13.5. The molecule has 0 aliphatic heterocycles. The third kappa shape index (κ3) is 3.83. The molecule has 3 amide bonds. The number of aromatic amines is 1. The normalized spacial score (nSPS) is 13.2. The molecular weight excluding hydrogens is 310 g/mol. The molecule has 1 saturated carbocycles. The fraction of sp³-hybridized carbons (Fsp3) is 0.312. The number of nitrogens with one attached hydrogen (secondary N) is 4. The fourth-order valence-corrected chi connectivity index (χ4v) is 2.35. The predicted octanol–water partition coefficient (Wildman–Crippen LogP) is 2.90. The van der Waals surface area contributed by atoms with Gasteiger partial charge in [-0.05, 0) is 31.0 Å². The van der Waals surface area contributed by atoms with Crippen LogP contribution in [0.15, 0.2) is 24.3 Å². The summed E-state index contributed by atoms with van der Waals surface area (Å²) in [5, 5.41) is 15.0. The van der Waals surface area contributed by atoms with Crippen molar-refractivity contribution in [3.8, 4) is 5.75 Å². The maximum Gasteiger partial charge on any atom is 0.324 e. The third-order valence-corrected chi connectivity index (χ3v) is 3.61. The second kappa shape index (κ2) is 6.61. The Kier molecular flexibility index (Phi) is 4.37. The summed E-state index contributed by atoms with van der Waals surface area (Å²) in [6.45, 7) is 1.42. The number of aromatic nitrogens is 2. The number of methoxy groups -OCH3 is 1. The lowest BCUT2D eigenvalue weighted by molar-refractivity contribution is -0.114. The molecule has 0 unspecified atom stereocenters. The van der Waals surface area contributed by atoms with Crippen LogP contribution < -0.4 is 20.7 Å². The van der Waals surface area contributed by atoms with Gasteiger partial charge < -0.3 is 15.4 Å². The molecule has 8 heteroatoms. The maximum atomic E-state index is 12.2. The lowest BCUT2D eigenvalue weighted by Gasteiger charge is -2.12. The van der Waals surface area contributed by atoms with Crippen LogP contribution in [0.3, 0.4) is 0 Å². The van der Waals surface area contributed by atoms with E-state index in [0.29, 0.717) is 28.9 Å². The Balaban J connectivity index is 1.68. The molecule has 24 heavy (non-hydrogen) atoms. The molecule has 0 bridgehead atoms. The van der Waals surface area contributed by atoms with Crippen LogP contribution in [0, 0.1) is 0 Å². The smallest absolute Gasteiger partial charge is 0.324 e. The molecule has 1 heterocycles. The Bertz CT molecular complexity index is 767. The van der Waals surface area contributed by atoms with Gasteiger partial charge in [0.1, 0.15) is 11.6 Å². The van der Waals surface area contributed by atoms with Gasteiger partial charge in [0.15, 0.2) is 0 Å². The van der Waals surface area contributed by atoms with Crippen molar-refractivity contribution >= 4 is 29.1 Å². The van der Waals surface area contributed by atoms with Gasteiger partial charge in [-0.3, -0.25) is 15.2 Å². The number of nitrogens with zero attached hydrogens (tertiary/aromatic N) is 1. The molecule has 1 fully saturated rings. The van der Waals surface area contributed by atoms with Crippen LogP contribution >= 0.6 is 0 Å². The van der Waals surface area contributed by atoms with E-state index in [1.54, 1.807) is 18.2 Å². The topological polar surface area (TPSA) is 108 Å². The standard InChI is InChI=1S/C16H19N5O3/c1-9(22)17-11-5-6-14(24-2)13(7-11)18-16(23)19-15-8-12(20-21-15)10-3-4-10/h5-8,10H,3-4H2,1-2H3,(H,17,22)(H3,18,19,20,21,23). The number of H-pyrrole nitrogens is 1. The van der Waals surface area contributed by atoms with Gasteiger partial charge in [-0.25, -0.2) is 4.79 Å². The highest BCUT2D eigenvalue weighted by Crippen LogP contribution is 2.39. The Morgan fingerprint density at radius 1 is 1.21 bits per heavy atom. The number of amides is 3. The van der Waals surface area contributed by atoms with Gasteiger partial charge in [0.2, 0.25) is 5.91 Å². The number of hydrogen-bond acceptors (Lipinski definition) is 4. The maximum absolute atomic E-state index is 12.2. The van der Waals surface area contributed by atoms with Crippen LogP contribution in [-0.2, 0) is 4.79 Å². The summed E-state index contributed by atoms with van der Waals surface area (Å²) in [4.78, 5) is 23.3. The van der Waals surface area contributed by atoms with E-state index in [1.165, 1.54) is 14.0 Å². The van der Waals surface area contributed by atoms with Crippen molar-refractivity contribution in [2.75, 3.05) is 23.1 Å². The minimum atomic E-state index is -0.431. The van der Waals surface area contributed by atoms with Crippen molar-refractivity contribution in [1.82, 2.24) is 10.2 Å². The van der Waals surface area contributed by atoms with Crippen LogP contribution in [0.2, 0.25) is 0 Å². The highest BCUT2D eigenvalue weighted by atomic mass is 16.5. The van der Waals surface area contributed by atoms with Gasteiger partial charge >= 0.3 is 6.03 Å². The molecule has 0 spiro atoms. The molecule has 1 aliphatic rings. The molecule has 0 saturated heterocycles. The minimum absolute atomic E-state index is 0.194. The predicted molar refractivity (Wildman–Crippen MR) is 90.5 cm³/mol. The summed E-state index contributed by atoms with van der Waals surface area (Å²) in [5.41, 5.74) is 1.98. The number of ether oxygens (including phenoxy) is 1. The van der Waals surface area contributed by atoms with Gasteiger partial charge in [-0.1, -0.05) is 0 Å². The number of carbonyl (C=O) groups excluding carboxylic acids is 2. The SMILES string of the molecule is COc1ccc(NC(C)=O)cc1NC(=O)Nc1cc(C2CC2)n[nH]1. The first-order valence-corrected chi connectivity index (χ1v) is 7.64. The van der Waals surface area contributed by atoms with Gasteiger partial charge in [-0.2, -0.15) is 5.10 Å². The summed E-state index contributed by atoms with van der Waals surface area (Å²) in [6.07, 6.45) is 2.28. The lowest BCUT2D eigenvalue weighted by atomic mass is 10.2. The van der Waals surface area contributed by atoms with E-state index in [9.17, 15) is 9.59 Å². The van der Waals surface area contributed by atoms with E-state index in [2.05, 4.69) is 26.1 Å². The quantitative estimate of drug-likeness (QED) is 0.676. The fourth-order valence-electron chi connectivity index (χ4n) is 2.35. The van der Waals surface area contributed by atoms with Crippen molar-refractivity contribution in [3.63, 3.8) is 0 Å². The van der Waals surface area contributed by atoms with E-state index in [1.807, 2.05) is 6.07 Å². The zero-order chi connectivity index (χ0) is 17.1. The molecule has 8 nitrogen and oxygen atoms in total. The second-order valence-corrected chi connectivity index (χ2v) is 5.66. The van der Waals surface area contributed by atoms with Crippen LogP contribution in [-0.4, -0.2) is 29.2 Å². The van der Waals surface area contributed by atoms with Crippen molar-refractivity contribution in [2.45, 2.75) is 25.7 Å². The minimum Gasteiger partial charge on any atom is -0.495 e.